The van der Waals surface area contributed by atoms with Crippen molar-refractivity contribution in [3.8, 4) is 10.6 Å². The summed E-state index contributed by atoms with van der Waals surface area (Å²) in [5, 5.41) is 10.1. The number of hydrogen-bond donors (Lipinski definition) is 1. The summed E-state index contributed by atoms with van der Waals surface area (Å²) in [7, 11) is 0. The predicted octanol–water partition coefficient (Wildman–Crippen LogP) is 5.49. The molecule has 0 radical (unpaired) electrons. The van der Waals surface area contributed by atoms with E-state index in [1.165, 1.54) is 12.8 Å². The molecule has 0 saturated heterocycles. The minimum absolute atomic E-state index is 0.107. The molecule has 2 aliphatic rings. The van der Waals surface area contributed by atoms with Gasteiger partial charge in [0.1, 0.15) is 16.9 Å². The van der Waals surface area contributed by atoms with Crippen molar-refractivity contribution in [1.82, 2.24) is 15.1 Å². The number of aromatic nitrogens is 2. The van der Waals surface area contributed by atoms with Crippen LogP contribution in [0.1, 0.15) is 67.1 Å². The van der Waals surface area contributed by atoms with E-state index in [1.54, 1.807) is 20.9 Å². The topological polar surface area (TPSA) is 67.2 Å². The molecule has 1 unspecified atom stereocenters. The van der Waals surface area contributed by atoms with Crippen LogP contribution in [0.2, 0.25) is 0 Å². The lowest BCUT2D eigenvalue weighted by molar-refractivity contribution is -0.127. The molecule has 0 bridgehead atoms. The Morgan fingerprint density at radius 1 is 1.09 bits per heavy atom. The molecule has 3 aromatic rings. The first kappa shape index (κ1) is 22.8. The molecule has 6 nitrogen and oxygen atoms in total. The fraction of sp³-hybridized carbons (Fsp3) is 0.444. The summed E-state index contributed by atoms with van der Waals surface area (Å²) in [4.78, 5) is 30.5. The maximum atomic E-state index is 14.0. The second-order valence-electron chi connectivity index (χ2n) is 9.89. The second-order valence-corrected chi connectivity index (χ2v) is 10.8. The second kappa shape index (κ2) is 9.02. The summed E-state index contributed by atoms with van der Waals surface area (Å²) in [6.45, 7) is 6.28. The summed E-state index contributed by atoms with van der Waals surface area (Å²) in [6, 6.07) is 12.0. The average Bonchev–Trinajstić information content (AvgIpc) is 3.42. The number of benzene rings is 1. The van der Waals surface area contributed by atoms with E-state index >= 15 is 0 Å². The molecule has 1 N–H and O–H groups in total. The molecule has 3 heterocycles. The van der Waals surface area contributed by atoms with Crippen LogP contribution in [0.3, 0.4) is 0 Å². The molecular weight excluding hydrogens is 444 g/mol. The highest BCUT2D eigenvalue weighted by atomic mass is 32.1. The van der Waals surface area contributed by atoms with Crippen LogP contribution < -0.4 is 10.2 Å². The summed E-state index contributed by atoms with van der Waals surface area (Å²) < 4.78 is 1.72. The third-order valence-electron chi connectivity index (χ3n) is 7.36. The van der Waals surface area contributed by atoms with Gasteiger partial charge in [-0.15, -0.1) is 11.3 Å². The number of nitrogens with zero attached hydrogens (tertiary/aromatic N) is 3. The number of rotatable bonds is 4. The molecule has 1 saturated carbocycles. The van der Waals surface area contributed by atoms with Crippen LogP contribution in [0.25, 0.3) is 10.6 Å². The van der Waals surface area contributed by atoms with E-state index in [1.807, 2.05) is 55.6 Å². The molecular formula is C27H32N4O2S. The Morgan fingerprint density at radius 3 is 2.53 bits per heavy atom. The molecule has 7 heteroatoms. The molecule has 0 spiro atoms. The van der Waals surface area contributed by atoms with E-state index < -0.39 is 5.54 Å². The van der Waals surface area contributed by atoms with Crippen molar-refractivity contribution in [3.05, 3.63) is 58.6 Å². The quantitative estimate of drug-likeness (QED) is 0.507. The van der Waals surface area contributed by atoms with Crippen molar-refractivity contribution in [3.63, 3.8) is 0 Å². The summed E-state index contributed by atoms with van der Waals surface area (Å²) in [5.74, 6) is -0.298. The van der Waals surface area contributed by atoms with Gasteiger partial charge in [0.05, 0.1) is 11.4 Å². The van der Waals surface area contributed by atoms with Crippen LogP contribution in [0, 0.1) is 13.8 Å². The van der Waals surface area contributed by atoms with E-state index in [0.29, 0.717) is 12.2 Å². The van der Waals surface area contributed by atoms with Crippen LogP contribution in [-0.2, 0) is 11.3 Å². The van der Waals surface area contributed by atoms with Crippen molar-refractivity contribution in [1.29, 1.82) is 0 Å². The van der Waals surface area contributed by atoms with Gasteiger partial charge in [-0.25, -0.2) is 0 Å². The fourth-order valence-corrected chi connectivity index (χ4v) is 5.84. The first-order valence-corrected chi connectivity index (χ1v) is 13.1. The van der Waals surface area contributed by atoms with Crippen molar-refractivity contribution >= 4 is 28.8 Å². The lowest BCUT2D eigenvalue weighted by Crippen LogP contribution is -2.65. The molecule has 1 aliphatic carbocycles. The lowest BCUT2D eigenvalue weighted by atomic mass is 9.92. The Balaban J connectivity index is 1.56. The first-order valence-electron chi connectivity index (χ1n) is 12.2. The van der Waals surface area contributed by atoms with Crippen molar-refractivity contribution in [2.75, 3.05) is 4.90 Å². The number of anilines is 1. The molecule has 2 aromatic heterocycles. The number of fused-ring (bicyclic) bond motifs is 1. The zero-order chi connectivity index (χ0) is 23.9. The number of thiophene rings is 1. The van der Waals surface area contributed by atoms with E-state index in [2.05, 4.69) is 12.2 Å². The van der Waals surface area contributed by atoms with Gasteiger partial charge in [0.15, 0.2) is 0 Å². The molecule has 1 atom stereocenters. The summed E-state index contributed by atoms with van der Waals surface area (Å²) >= 11 is 1.59. The standard InChI is InChI=1S/C27H32N4O2S/c1-18-12-13-21(15-19(18)2)31-25(32)23-16-22(24-11-8-14-34-24)29-30(23)17-27(31,3)26(33)28-20-9-6-4-5-7-10-20/h8,11-16,20H,4-7,9-10,17H2,1-3H3,(H,28,33). The number of aryl methyl sites for hydroxylation is 2. The zero-order valence-electron chi connectivity index (χ0n) is 20.1. The molecule has 2 amide bonds. The summed E-state index contributed by atoms with van der Waals surface area (Å²) in [5.41, 5.74) is 3.19. The lowest BCUT2D eigenvalue weighted by Gasteiger charge is -2.44. The van der Waals surface area contributed by atoms with Gasteiger partial charge >= 0.3 is 0 Å². The largest absolute Gasteiger partial charge is 0.351 e. The third-order valence-corrected chi connectivity index (χ3v) is 8.25. The number of carbonyl (C=O) groups is 2. The average molecular weight is 477 g/mol. The number of amides is 2. The van der Waals surface area contributed by atoms with Crippen LogP contribution in [0.4, 0.5) is 5.69 Å². The highest BCUT2D eigenvalue weighted by Crippen LogP contribution is 2.36. The van der Waals surface area contributed by atoms with E-state index in [-0.39, 0.29) is 17.9 Å². The zero-order valence-corrected chi connectivity index (χ0v) is 21.0. The van der Waals surface area contributed by atoms with Crippen molar-refractivity contribution in [2.45, 2.75) is 77.4 Å². The van der Waals surface area contributed by atoms with Crippen LogP contribution >= 0.6 is 11.3 Å². The van der Waals surface area contributed by atoms with Gasteiger partial charge < -0.3 is 5.32 Å². The Kier molecular flexibility index (Phi) is 6.06. The van der Waals surface area contributed by atoms with Gasteiger partial charge in [-0.05, 0) is 74.4 Å². The predicted molar refractivity (Wildman–Crippen MR) is 136 cm³/mol. The molecule has 34 heavy (non-hydrogen) atoms. The Bertz CT molecular complexity index is 1210. The smallest absolute Gasteiger partial charge is 0.277 e. The Hall–Kier alpha value is -2.93. The molecule has 1 aromatic carbocycles. The Labute approximate surface area is 205 Å². The highest BCUT2D eigenvalue weighted by Gasteiger charge is 2.49. The van der Waals surface area contributed by atoms with Crippen LogP contribution in [0.5, 0.6) is 0 Å². The number of carbonyl (C=O) groups excluding carboxylic acids is 2. The van der Waals surface area contributed by atoms with Gasteiger partial charge in [0.25, 0.3) is 5.91 Å². The van der Waals surface area contributed by atoms with E-state index in [0.717, 1.165) is 53.1 Å². The van der Waals surface area contributed by atoms with Gasteiger partial charge in [0, 0.05) is 11.7 Å². The SMILES string of the molecule is Cc1ccc(N2C(=O)c3cc(-c4cccs4)nn3CC2(C)C(=O)NC2CCCCCC2)cc1C. The van der Waals surface area contributed by atoms with Gasteiger partial charge in [-0.3, -0.25) is 19.2 Å². The van der Waals surface area contributed by atoms with E-state index in [4.69, 9.17) is 5.10 Å². The van der Waals surface area contributed by atoms with Crippen molar-refractivity contribution in [2.24, 2.45) is 0 Å². The first-order chi connectivity index (χ1) is 16.4. The van der Waals surface area contributed by atoms with Crippen LogP contribution in [-0.4, -0.2) is 33.2 Å². The van der Waals surface area contributed by atoms with Gasteiger partial charge in [-0.2, -0.15) is 5.10 Å². The maximum Gasteiger partial charge on any atom is 0.277 e. The maximum absolute atomic E-state index is 14.0. The van der Waals surface area contributed by atoms with Crippen LogP contribution in [0.15, 0.2) is 41.8 Å². The van der Waals surface area contributed by atoms with Gasteiger partial charge in [-0.1, -0.05) is 37.8 Å². The summed E-state index contributed by atoms with van der Waals surface area (Å²) in [6.07, 6.45) is 6.70. The third kappa shape index (κ3) is 4.06. The fourth-order valence-electron chi connectivity index (χ4n) is 5.16. The van der Waals surface area contributed by atoms with Gasteiger partial charge in [0.2, 0.25) is 5.91 Å². The molecule has 178 valence electrons. The number of hydrogen-bond acceptors (Lipinski definition) is 4. The van der Waals surface area contributed by atoms with E-state index in [9.17, 15) is 9.59 Å². The molecule has 1 fully saturated rings. The highest BCUT2D eigenvalue weighted by molar-refractivity contribution is 7.13. The minimum atomic E-state index is -1.09. The number of nitrogens with one attached hydrogen (secondary N) is 1. The minimum Gasteiger partial charge on any atom is -0.351 e. The normalized spacial score (nSPS) is 21.3. The van der Waals surface area contributed by atoms with Crippen molar-refractivity contribution < 1.29 is 9.59 Å². The molecule has 5 rings (SSSR count). The monoisotopic (exact) mass is 476 g/mol. The molecule has 1 aliphatic heterocycles. The Morgan fingerprint density at radius 2 is 1.85 bits per heavy atom.